The molecule has 3 aromatic rings. The molecule has 2 aromatic heterocycles. The Balaban J connectivity index is 1.51. The summed E-state index contributed by atoms with van der Waals surface area (Å²) in [6, 6.07) is 6.09. The van der Waals surface area contributed by atoms with Crippen LogP contribution in [0.5, 0.6) is 0 Å². The molecule has 0 spiro atoms. The van der Waals surface area contributed by atoms with Gasteiger partial charge in [0.15, 0.2) is 5.82 Å². The van der Waals surface area contributed by atoms with Crippen LogP contribution in [0.2, 0.25) is 0 Å². The monoisotopic (exact) mass is 397 g/mol. The summed E-state index contributed by atoms with van der Waals surface area (Å²) in [4.78, 5) is 16.2. The Bertz CT molecular complexity index is 974. The Kier molecular flexibility index (Phi) is 5.89. The van der Waals surface area contributed by atoms with E-state index >= 15 is 0 Å². The Labute approximate surface area is 169 Å². The van der Waals surface area contributed by atoms with Crippen LogP contribution in [0.25, 0.3) is 22.0 Å². The summed E-state index contributed by atoms with van der Waals surface area (Å²) >= 11 is 0. The number of rotatable bonds is 7. The number of ether oxygens (including phenoxy) is 1. The molecule has 0 radical (unpaired) electrons. The van der Waals surface area contributed by atoms with E-state index < -0.39 is 0 Å². The van der Waals surface area contributed by atoms with Crippen LogP contribution in [0.4, 0.5) is 5.82 Å². The lowest BCUT2D eigenvalue weighted by atomic mass is 10.1. The maximum atomic E-state index is 12.2. The van der Waals surface area contributed by atoms with E-state index in [4.69, 9.17) is 4.74 Å². The molecule has 4 rings (SSSR count). The molecular weight excluding hydrogens is 370 g/mol. The highest BCUT2D eigenvalue weighted by Gasteiger charge is 2.17. The van der Waals surface area contributed by atoms with E-state index in [1.807, 2.05) is 23.0 Å². The van der Waals surface area contributed by atoms with Gasteiger partial charge < -0.3 is 10.1 Å². The van der Waals surface area contributed by atoms with Crippen molar-refractivity contribution in [2.45, 2.75) is 6.54 Å². The lowest BCUT2D eigenvalue weighted by Gasteiger charge is -2.26. The Morgan fingerprint density at radius 2 is 2.10 bits per heavy atom. The number of anilines is 1. The maximum Gasteiger partial charge on any atom is 0.241 e. The minimum absolute atomic E-state index is 0.0396. The van der Waals surface area contributed by atoms with Crippen LogP contribution in [0.1, 0.15) is 0 Å². The topological polar surface area (TPSA) is 91.3 Å². The fraction of sp³-hybridized carbons (Fsp3) is 0.450. The highest BCUT2D eigenvalue weighted by Crippen LogP contribution is 2.29. The number of carbonyl (C=O) groups excluding carboxylic acids is 1. The quantitative estimate of drug-likeness (QED) is 0.617. The van der Waals surface area contributed by atoms with Crippen LogP contribution in [-0.2, 0) is 16.1 Å². The first-order valence-electron chi connectivity index (χ1n) is 9.88. The predicted molar refractivity (Wildman–Crippen MR) is 112 cm³/mol. The Hall–Kier alpha value is -2.75. The second-order valence-electron chi connectivity index (χ2n) is 7.24. The molecule has 0 atom stereocenters. The molecule has 3 heterocycles. The van der Waals surface area contributed by atoms with Crippen molar-refractivity contribution in [1.29, 1.82) is 0 Å². The van der Waals surface area contributed by atoms with Gasteiger partial charge in [-0.25, -0.2) is 0 Å². The minimum Gasteiger partial charge on any atom is -0.379 e. The molecule has 1 aromatic carbocycles. The zero-order valence-electron chi connectivity index (χ0n) is 16.9. The SMILES string of the molecule is CNCC(=O)N(C)c1n[nH]c2ccc(-c3cnn(CCN4CCOCC4)c3)cc12. The van der Waals surface area contributed by atoms with Crippen molar-refractivity contribution >= 4 is 22.6 Å². The maximum absolute atomic E-state index is 12.2. The second-order valence-corrected chi connectivity index (χ2v) is 7.24. The first-order valence-corrected chi connectivity index (χ1v) is 9.88. The molecule has 2 N–H and O–H groups in total. The van der Waals surface area contributed by atoms with E-state index in [0.29, 0.717) is 5.82 Å². The number of benzene rings is 1. The van der Waals surface area contributed by atoms with Gasteiger partial charge in [0.05, 0.1) is 38.0 Å². The summed E-state index contributed by atoms with van der Waals surface area (Å²) < 4.78 is 7.38. The number of amides is 1. The van der Waals surface area contributed by atoms with Crippen LogP contribution < -0.4 is 10.2 Å². The van der Waals surface area contributed by atoms with Crippen molar-refractivity contribution in [1.82, 2.24) is 30.2 Å². The molecule has 29 heavy (non-hydrogen) atoms. The van der Waals surface area contributed by atoms with Crippen molar-refractivity contribution < 1.29 is 9.53 Å². The molecule has 1 fully saturated rings. The molecule has 154 valence electrons. The molecule has 0 bridgehead atoms. The van der Waals surface area contributed by atoms with Crippen molar-refractivity contribution in [3.8, 4) is 11.1 Å². The third kappa shape index (κ3) is 4.31. The fourth-order valence-corrected chi connectivity index (χ4v) is 3.53. The fourth-order valence-electron chi connectivity index (χ4n) is 3.53. The summed E-state index contributed by atoms with van der Waals surface area (Å²) in [7, 11) is 3.49. The number of nitrogens with zero attached hydrogens (tertiary/aromatic N) is 5. The van der Waals surface area contributed by atoms with Gasteiger partial charge in [-0.15, -0.1) is 0 Å². The van der Waals surface area contributed by atoms with E-state index in [2.05, 4.69) is 37.8 Å². The minimum atomic E-state index is -0.0396. The van der Waals surface area contributed by atoms with Gasteiger partial charge in [0, 0.05) is 43.8 Å². The third-order valence-electron chi connectivity index (χ3n) is 5.28. The van der Waals surface area contributed by atoms with E-state index in [1.54, 1.807) is 19.0 Å². The van der Waals surface area contributed by atoms with Crippen LogP contribution >= 0.6 is 0 Å². The zero-order chi connectivity index (χ0) is 20.2. The normalized spacial score (nSPS) is 15.1. The van der Waals surface area contributed by atoms with Gasteiger partial charge in [0.1, 0.15) is 0 Å². The zero-order valence-corrected chi connectivity index (χ0v) is 16.9. The van der Waals surface area contributed by atoms with Gasteiger partial charge in [0.2, 0.25) is 5.91 Å². The summed E-state index contributed by atoms with van der Waals surface area (Å²) in [5.74, 6) is 0.587. The number of likely N-dealkylation sites (N-methyl/N-ethyl adjacent to an activating group) is 2. The molecule has 1 amide bonds. The summed E-state index contributed by atoms with van der Waals surface area (Å²) in [6.45, 7) is 5.65. The van der Waals surface area contributed by atoms with Crippen LogP contribution in [0.15, 0.2) is 30.6 Å². The van der Waals surface area contributed by atoms with Gasteiger partial charge >= 0.3 is 0 Å². The lowest BCUT2D eigenvalue weighted by Crippen LogP contribution is -2.38. The Morgan fingerprint density at radius 1 is 1.28 bits per heavy atom. The number of nitrogens with one attached hydrogen (secondary N) is 2. The molecule has 1 aliphatic rings. The average Bonchev–Trinajstić information content (AvgIpc) is 3.39. The van der Waals surface area contributed by atoms with Crippen LogP contribution in [-0.4, -0.2) is 84.3 Å². The number of aromatic amines is 1. The molecule has 0 unspecified atom stereocenters. The van der Waals surface area contributed by atoms with Gasteiger partial charge in [-0.1, -0.05) is 6.07 Å². The first-order chi connectivity index (χ1) is 14.2. The lowest BCUT2D eigenvalue weighted by molar-refractivity contribution is -0.117. The summed E-state index contributed by atoms with van der Waals surface area (Å²) in [5.41, 5.74) is 2.99. The summed E-state index contributed by atoms with van der Waals surface area (Å²) in [5, 5.41) is 15.7. The summed E-state index contributed by atoms with van der Waals surface area (Å²) in [6.07, 6.45) is 3.95. The van der Waals surface area contributed by atoms with Gasteiger partial charge in [-0.2, -0.15) is 10.2 Å². The number of morpholine rings is 1. The molecular formula is C20H27N7O2. The number of carbonyl (C=O) groups is 1. The van der Waals surface area contributed by atoms with Crippen LogP contribution in [0.3, 0.4) is 0 Å². The standard InChI is InChI=1S/C20H27N7O2/c1-21-13-19(28)25(2)20-17-11-15(3-4-18(17)23-24-20)16-12-22-27(14-16)6-5-26-7-9-29-10-8-26/h3-4,11-12,14,21H,5-10,13H2,1-2H3,(H,23,24). The highest BCUT2D eigenvalue weighted by molar-refractivity contribution is 6.02. The van der Waals surface area contributed by atoms with Gasteiger partial charge in [-0.3, -0.25) is 24.4 Å². The molecule has 1 aliphatic heterocycles. The number of aromatic nitrogens is 4. The molecule has 9 heteroatoms. The first kappa shape index (κ1) is 19.6. The predicted octanol–water partition coefficient (Wildman–Crippen LogP) is 0.941. The van der Waals surface area contributed by atoms with E-state index in [1.165, 1.54) is 0 Å². The van der Waals surface area contributed by atoms with E-state index in [-0.39, 0.29) is 12.5 Å². The van der Waals surface area contributed by atoms with Crippen LogP contribution in [0, 0.1) is 0 Å². The highest BCUT2D eigenvalue weighted by atomic mass is 16.5. The number of fused-ring (bicyclic) bond motifs is 1. The number of hydrogen-bond acceptors (Lipinski definition) is 6. The third-order valence-corrected chi connectivity index (χ3v) is 5.28. The van der Waals surface area contributed by atoms with Crippen molar-refractivity contribution in [2.75, 3.05) is 58.4 Å². The molecule has 0 aliphatic carbocycles. The Morgan fingerprint density at radius 3 is 2.90 bits per heavy atom. The molecule has 9 nitrogen and oxygen atoms in total. The molecule has 1 saturated heterocycles. The van der Waals surface area contributed by atoms with Crippen molar-refractivity contribution in [3.05, 3.63) is 30.6 Å². The largest absolute Gasteiger partial charge is 0.379 e. The van der Waals surface area contributed by atoms with E-state index in [9.17, 15) is 4.79 Å². The smallest absolute Gasteiger partial charge is 0.241 e. The second kappa shape index (κ2) is 8.73. The number of hydrogen-bond donors (Lipinski definition) is 2. The van der Waals surface area contributed by atoms with Gasteiger partial charge in [0.25, 0.3) is 0 Å². The van der Waals surface area contributed by atoms with Gasteiger partial charge in [-0.05, 0) is 24.7 Å². The van der Waals surface area contributed by atoms with Crippen molar-refractivity contribution in [3.63, 3.8) is 0 Å². The average molecular weight is 397 g/mol. The molecule has 0 saturated carbocycles. The number of H-pyrrole nitrogens is 1. The van der Waals surface area contributed by atoms with Crippen molar-refractivity contribution in [2.24, 2.45) is 0 Å². The van der Waals surface area contributed by atoms with E-state index in [0.717, 1.165) is 61.4 Å².